The predicted octanol–water partition coefficient (Wildman–Crippen LogP) is 5.72. The first-order valence-electron chi connectivity index (χ1n) is 18.8. The van der Waals surface area contributed by atoms with E-state index in [2.05, 4.69) is 46.0 Å². The fourth-order valence-electron chi connectivity index (χ4n) is 10.8. The Labute approximate surface area is 283 Å². The van der Waals surface area contributed by atoms with Gasteiger partial charge in [0.1, 0.15) is 30.0 Å². The van der Waals surface area contributed by atoms with Gasteiger partial charge in [0.2, 0.25) is 0 Å². The van der Waals surface area contributed by atoms with Crippen molar-refractivity contribution in [2.45, 2.75) is 155 Å². The van der Waals surface area contributed by atoms with Crippen LogP contribution in [0.2, 0.25) is 0 Å². The quantitative estimate of drug-likeness (QED) is 0.132. The highest BCUT2D eigenvalue weighted by Gasteiger charge is 2.59. The topological polar surface area (TPSA) is 138 Å². The molecule has 0 bridgehead atoms. The van der Waals surface area contributed by atoms with Gasteiger partial charge in [-0.2, -0.15) is 0 Å². The zero-order valence-corrected chi connectivity index (χ0v) is 30.0. The zero-order valence-electron chi connectivity index (χ0n) is 30.0. The van der Waals surface area contributed by atoms with E-state index in [1.54, 1.807) is 0 Å². The van der Waals surface area contributed by atoms with E-state index in [1.807, 2.05) is 0 Å². The average Bonchev–Trinajstić information content (AvgIpc) is 3.39. The molecule has 0 aromatic rings. The van der Waals surface area contributed by atoms with E-state index >= 15 is 0 Å². The first kappa shape index (κ1) is 37.0. The van der Waals surface area contributed by atoms with Gasteiger partial charge in [-0.05, 0) is 105 Å². The maximum Gasteiger partial charge on any atom is 0.407 e. The van der Waals surface area contributed by atoms with Crippen molar-refractivity contribution in [3.63, 3.8) is 0 Å². The summed E-state index contributed by atoms with van der Waals surface area (Å²) >= 11 is 0. The summed E-state index contributed by atoms with van der Waals surface area (Å²) in [5.41, 5.74) is 0.750. The van der Waals surface area contributed by atoms with Crippen LogP contribution in [0.5, 0.6) is 0 Å². The second-order valence-electron chi connectivity index (χ2n) is 17.1. The van der Waals surface area contributed by atoms with Crippen LogP contribution in [0.1, 0.15) is 119 Å². The molecule has 270 valence electrons. The molecule has 3 saturated carbocycles. The lowest BCUT2D eigenvalue weighted by Crippen LogP contribution is -2.65. The number of ether oxygens (including phenoxy) is 3. The molecule has 1 saturated heterocycles. The molecule has 0 aromatic carbocycles. The van der Waals surface area contributed by atoms with Crippen molar-refractivity contribution in [2.24, 2.45) is 46.3 Å². The van der Waals surface area contributed by atoms with Gasteiger partial charge in [0.15, 0.2) is 6.29 Å². The molecular weight excluding hydrogens is 598 g/mol. The summed E-state index contributed by atoms with van der Waals surface area (Å²) in [6.45, 7) is 13.8. The second kappa shape index (κ2) is 14.9. The fraction of sp³-hybridized carbons (Fsp3) is 0.921. The third kappa shape index (κ3) is 7.46. The smallest absolute Gasteiger partial charge is 0.407 e. The van der Waals surface area contributed by atoms with Crippen molar-refractivity contribution >= 4 is 6.09 Å². The van der Waals surface area contributed by atoms with E-state index in [4.69, 9.17) is 14.2 Å². The molecule has 9 nitrogen and oxygen atoms in total. The van der Waals surface area contributed by atoms with Crippen LogP contribution >= 0.6 is 0 Å². The number of amides is 1. The number of rotatable bonds is 12. The number of aliphatic hydroxyl groups excluding tert-OH is 4. The van der Waals surface area contributed by atoms with Crippen molar-refractivity contribution in [1.82, 2.24) is 5.32 Å². The number of carbonyl (C=O) groups is 1. The number of hydrogen-bond donors (Lipinski definition) is 5. The van der Waals surface area contributed by atoms with E-state index in [-0.39, 0.29) is 18.1 Å². The first-order valence-corrected chi connectivity index (χ1v) is 18.8. The minimum absolute atomic E-state index is 0.117. The Morgan fingerprint density at radius 2 is 1.77 bits per heavy atom. The Morgan fingerprint density at radius 1 is 1.00 bits per heavy atom. The molecule has 1 amide bonds. The Hall–Kier alpha value is -1.23. The number of allylic oxidation sites excluding steroid dienone is 1. The van der Waals surface area contributed by atoms with Gasteiger partial charge >= 0.3 is 6.09 Å². The molecular formula is C38H65NO8. The van der Waals surface area contributed by atoms with E-state index in [0.717, 1.165) is 54.8 Å². The minimum Gasteiger partial charge on any atom is -0.446 e. The Balaban J connectivity index is 1.07. The lowest BCUT2D eigenvalue weighted by molar-refractivity contribution is -0.333. The molecule has 0 radical (unpaired) electrons. The van der Waals surface area contributed by atoms with Gasteiger partial charge in [-0.1, -0.05) is 65.5 Å². The lowest BCUT2D eigenvalue weighted by atomic mass is 9.47. The molecule has 4 aliphatic carbocycles. The fourth-order valence-corrected chi connectivity index (χ4v) is 10.8. The van der Waals surface area contributed by atoms with E-state index in [0.29, 0.717) is 18.4 Å². The van der Waals surface area contributed by atoms with E-state index in [1.165, 1.54) is 63.9 Å². The summed E-state index contributed by atoms with van der Waals surface area (Å²) < 4.78 is 17.0. The first-order chi connectivity index (χ1) is 22.2. The van der Waals surface area contributed by atoms with Gasteiger partial charge in [-0.3, -0.25) is 0 Å². The van der Waals surface area contributed by atoms with Crippen molar-refractivity contribution in [2.75, 3.05) is 19.8 Å². The van der Waals surface area contributed by atoms with Crippen LogP contribution in [-0.4, -0.2) is 82.6 Å². The highest BCUT2D eigenvalue weighted by Crippen LogP contribution is 2.67. The third-order valence-corrected chi connectivity index (χ3v) is 13.7. The molecule has 5 rings (SSSR count). The minimum atomic E-state index is -1.51. The van der Waals surface area contributed by atoms with Crippen LogP contribution in [0.4, 0.5) is 4.79 Å². The number of carbonyl (C=O) groups excluding carboxylic acids is 1. The molecule has 47 heavy (non-hydrogen) atoms. The average molecular weight is 664 g/mol. The highest BCUT2D eigenvalue weighted by atomic mass is 16.7. The number of alkyl carbamates (subject to hydrolysis) is 1. The lowest BCUT2D eigenvalue weighted by Gasteiger charge is -2.58. The molecule has 4 fully saturated rings. The number of hydrogen-bond acceptors (Lipinski definition) is 8. The number of nitrogens with one attached hydrogen (secondary N) is 1. The van der Waals surface area contributed by atoms with Gasteiger partial charge in [-0.15, -0.1) is 0 Å². The number of fused-ring (bicyclic) bond motifs is 5. The van der Waals surface area contributed by atoms with Crippen LogP contribution in [0, 0.1) is 46.3 Å². The van der Waals surface area contributed by atoms with Gasteiger partial charge < -0.3 is 40.0 Å². The molecule has 10 unspecified atom stereocenters. The Bertz CT molecular complexity index is 1100. The standard InChI is InChI=1S/C38H65NO8/c1-23(2)9-7-10-24(3)28-13-14-29-27-12-11-25-21-26(15-17-36(25,4)30(27)16-18-37(28,29)5)46-35(44)39-19-8-20-45-34-32(42)31(41)33(43)38(6,22-40)47-34/h11,23-24,26-34,40-43H,7-10,12-22H2,1-6H3,(H,39,44)/t24?,26?,27?,28?,29?,30?,31?,32?,33-,34?,36+,37-,38?/m1/s1. The zero-order chi connectivity index (χ0) is 34.1. The summed E-state index contributed by atoms with van der Waals surface area (Å²) in [6, 6.07) is 0. The van der Waals surface area contributed by atoms with Crippen LogP contribution in [-0.2, 0) is 14.2 Å². The molecule has 5 aliphatic rings. The summed E-state index contributed by atoms with van der Waals surface area (Å²) in [6.07, 6.45) is 10.4. The molecule has 1 heterocycles. The van der Waals surface area contributed by atoms with E-state index < -0.39 is 42.9 Å². The maximum atomic E-state index is 12.7. The van der Waals surface area contributed by atoms with Gasteiger partial charge in [0.05, 0.1) is 13.2 Å². The summed E-state index contributed by atoms with van der Waals surface area (Å²) in [5.74, 6) is 4.84. The molecule has 1 aliphatic heterocycles. The van der Waals surface area contributed by atoms with Crippen LogP contribution in [0.3, 0.4) is 0 Å². The molecule has 5 N–H and O–H groups in total. The van der Waals surface area contributed by atoms with Crippen molar-refractivity contribution in [3.05, 3.63) is 11.6 Å². The van der Waals surface area contributed by atoms with Crippen molar-refractivity contribution < 1.29 is 39.4 Å². The van der Waals surface area contributed by atoms with Crippen LogP contribution in [0.25, 0.3) is 0 Å². The predicted molar refractivity (Wildman–Crippen MR) is 180 cm³/mol. The van der Waals surface area contributed by atoms with Crippen LogP contribution in [0.15, 0.2) is 11.6 Å². The normalized spacial score (nSPS) is 43.8. The Morgan fingerprint density at radius 3 is 2.49 bits per heavy atom. The summed E-state index contributed by atoms with van der Waals surface area (Å²) in [7, 11) is 0. The monoisotopic (exact) mass is 663 g/mol. The number of aliphatic hydroxyl groups is 4. The second-order valence-corrected chi connectivity index (χ2v) is 17.1. The summed E-state index contributed by atoms with van der Waals surface area (Å²) in [4.78, 5) is 12.7. The maximum absolute atomic E-state index is 12.7. The van der Waals surface area contributed by atoms with Gasteiger partial charge in [0, 0.05) is 13.0 Å². The Kier molecular flexibility index (Phi) is 11.8. The highest BCUT2D eigenvalue weighted by molar-refractivity contribution is 5.67. The van der Waals surface area contributed by atoms with Crippen molar-refractivity contribution in [3.8, 4) is 0 Å². The molecule has 0 spiro atoms. The van der Waals surface area contributed by atoms with Crippen molar-refractivity contribution in [1.29, 1.82) is 0 Å². The van der Waals surface area contributed by atoms with Gasteiger partial charge in [-0.25, -0.2) is 4.79 Å². The third-order valence-electron chi connectivity index (χ3n) is 13.7. The SMILES string of the molecule is CC(C)CCCC(C)C1CCC2C3CC=C4CC(OC(=O)NCCCOC5OC(C)(CO)[C@H](O)C(O)C5O)CC[C@]4(C)C3CC[C@]12C. The van der Waals surface area contributed by atoms with Gasteiger partial charge in [0.25, 0.3) is 0 Å². The summed E-state index contributed by atoms with van der Waals surface area (Å²) in [5, 5.41) is 42.8. The molecule has 0 aromatic heterocycles. The largest absolute Gasteiger partial charge is 0.446 e. The van der Waals surface area contributed by atoms with Crippen LogP contribution < -0.4 is 5.32 Å². The van der Waals surface area contributed by atoms with E-state index in [9.17, 15) is 25.2 Å². The molecule has 13 atom stereocenters. The molecule has 9 heteroatoms.